The number of hydrazone groups is 1. The fourth-order valence-corrected chi connectivity index (χ4v) is 0.407. The minimum Gasteiger partial charge on any atom is -0.277 e. The molecule has 0 saturated heterocycles. The summed E-state index contributed by atoms with van der Waals surface area (Å²) in [4.78, 5) is 0. The van der Waals surface area contributed by atoms with Gasteiger partial charge in [-0.2, -0.15) is 5.10 Å². The molecule has 0 atom stereocenters. The molecule has 0 aromatic heterocycles. The number of nitrogens with zero attached hydrogens (tertiary/aromatic N) is 2. The average Bonchev–Trinajstić information content (AvgIpc) is 1.83. The number of allylic oxidation sites excluding steroid dienone is 1. The van der Waals surface area contributed by atoms with Crippen LogP contribution in [0.25, 0.3) is 0 Å². The van der Waals surface area contributed by atoms with Crippen molar-refractivity contribution in [2.75, 3.05) is 12.4 Å². The Morgan fingerprint density at radius 1 is 1.88 bits per heavy atom. The fourth-order valence-electron chi connectivity index (χ4n) is 0.240. The SMILES string of the molecule is C=NN(C)/C=C\CBr. The van der Waals surface area contributed by atoms with Crippen LogP contribution in [0.2, 0.25) is 0 Å². The van der Waals surface area contributed by atoms with Gasteiger partial charge in [-0.1, -0.05) is 22.0 Å². The van der Waals surface area contributed by atoms with Crippen molar-refractivity contribution in [2.24, 2.45) is 5.10 Å². The fraction of sp³-hybridized carbons (Fsp3) is 0.400. The third-order valence-corrected chi connectivity index (χ3v) is 1.01. The maximum absolute atomic E-state index is 3.60. The second-order valence-corrected chi connectivity index (χ2v) is 1.90. The van der Waals surface area contributed by atoms with Crippen LogP contribution in [0.1, 0.15) is 0 Å². The van der Waals surface area contributed by atoms with Gasteiger partial charge >= 0.3 is 0 Å². The maximum Gasteiger partial charge on any atom is 0.0296 e. The molecule has 0 aliphatic rings. The first-order valence-corrected chi connectivity index (χ1v) is 3.35. The summed E-state index contributed by atoms with van der Waals surface area (Å²) in [6, 6.07) is 0. The zero-order chi connectivity index (χ0) is 6.41. The van der Waals surface area contributed by atoms with E-state index in [-0.39, 0.29) is 0 Å². The highest BCUT2D eigenvalue weighted by molar-refractivity contribution is 9.09. The third kappa shape index (κ3) is 3.87. The van der Waals surface area contributed by atoms with E-state index < -0.39 is 0 Å². The first-order valence-electron chi connectivity index (χ1n) is 2.23. The number of halogens is 1. The molecule has 46 valence electrons. The van der Waals surface area contributed by atoms with Crippen molar-refractivity contribution < 1.29 is 0 Å². The molecular weight excluding hydrogens is 168 g/mol. The summed E-state index contributed by atoms with van der Waals surface area (Å²) >= 11 is 3.23. The topological polar surface area (TPSA) is 15.6 Å². The summed E-state index contributed by atoms with van der Waals surface area (Å²) in [5.74, 6) is 0. The Morgan fingerprint density at radius 2 is 2.50 bits per heavy atom. The molecule has 0 N–H and O–H groups in total. The Hall–Kier alpha value is -0.310. The van der Waals surface area contributed by atoms with Crippen LogP contribution in [0.5, 0.6) is 0 Å². The normalized spacial score (nSPS) is 9.75. The lowest BCUT2D eigenvalue weighted by Gasteiger charge is -2.01. The van der Waals surface area contributed by atoms with E-state index in [0.717, 1.165) is 5.33 Å². The monoisotopic (exact) mass is 176 g/mol. The average molecular weight is 177 g/mol. The number of alkyl halides is 1. The van der Waals surface area contributed by atoms with Crippen LogP contribution in [-0.2, 0) is 0 Å². The maximum atomic E-state index is 3.60. The van der Waals surface area contributed by atoms with Gasteiger partial charge in [-0.3, -0.25) is 5.01 Å². The van der Waals surface area contributed by atoms with Crippen LogP contribution >= 0.6 is 15.9 Å². The third-order valence-electron chi connectivity index (χ3n) is 0.633. The minimum absolute atomic E-state index is 0.854. The van der Waals surface area contributed by atoms with Gasteiger partial charge in [0, 0.05) is 25.3 Å². The van der Waals surface area contributed by atoms with Crippen LogP contribution in [0, 0.1) is 0 Å². The molecule has 0 aliphatic heterocycles. The first kappa shape index (κ1) is 7.69. The summed E-state index contributed by atoms with van der Waals surface area (Å²) in [5, 5.41) is 6.10. The van der Waals surface area contributed by atoms with E-state index in [9.17, 15) is 0 Å². The Bertz CT molecular complexity index is 90.4. The lowest BCUT2D eigenvalue weighted by Crippen LogP contribution is -1.98. The Morgan fingerprint density at radius 3 is 2.88 bits per heavy atom. The summed E-state index contributed by atoms with van der Waals surface area (Å²) in [5.41, 5.74) is 0. The highest BCUT2D eigenvalue weighted by Gasteiger charge is 1.75. The van der Waals surface area contributed by atoms with Crippen LogP contribution in [-0.4, -0.2) is 24.1 Å². The molecule has 0 rings (SSSR count). The van der Waals surface area contributed by atoms with E-state index in [2.05, 4.69) is 27.7 Å². The van der Waals surface area contributed by atoms with E-state index in [0.29, 0.717) is 0 Å². The molecule has 0 aromatic carbocycles. The van der Waals surface area contributed by atoms with Crippen molar-refractivity contribution in [1.29, 1.82) is 0 Å². The lowest BCUT2D eigenvalue weighted by molar-refractivity contribution is 0.495. The van der Waals surface area contributed by atoms with Gasteiger partial charge in [0.05, 0.1) is 0 Å². The zero-order valence-electron chi connectivity index (χ0n) is 4.84. The largest absolute Gasteiger partial charge is 0.277 e. The molecule has 0 heterocycles. The number of hydrogen-bond donors (Lipinski definition) is 0. The van der Waals surface area contributed by atoms with Crippen molar-refractivity contribution in [3.05, 3.63) is 12.3 Å². The van der Waals surface area contributed by atoms with Crippen molar-refractivity contribution >= 4 is 22.6 Å². The second kappa shape index (κ2) is 4.84. The minimum atomic E-state index is 0.854. The van der Waals surface area contributed by atoms with Gasteiger partial charge in [-0.05, 0) is 0 Å². The summed E-state index contributed by atoms with van der Waals surface area (Å²) < 4.78 is 0. The number of hydrogen-bond acceptors (Lipinski definition) is 2. The summed E-state index contributed by atoms with van der Waals surface area (Å²) in [6.45, 7) is 3.32. The van der Waals surface area contributed by atoms with Crippen molar-refractivity contribution in [3.8, 4) is 0 Å². The van der Waals surface area contributed by atoms with Crippen molar-refractivity contribution in [2.45, 2.75) is 0 Å². The van der Waals surface area contributed by atoms with E-state index in [4.69, 9.17) is 0 Å². The molecule has 0 aromatic rings. The Balaban J connectivity index is 3.35. The van der Waals surface area contributed by atoms with E-state index in [1.165, 1.54) is 0 Å². The lowest BCUT2D eigenvalue weighted by atomic mass is 10.7. The van der Waals surface area contributed by atoms with Gasteiger partial charge in [0.1, 0.15) is 0 Å². The van der Waals surface area contributed by atoms with Crippen LogP contribution in [0.3, 0.4) is 0 Å². The van der Waals surface area contributed by atoms with E-state index in [1.54, 1.807) is 5.01 Å². The predicted octanol–water partition coefficient (Wildman–Crippen LogP) is 1.44. The molecule has 0 unspecified atom stereocenters. The summed E-state index contributed by atoms with van der Waals surface area (Å²) in [7, 11) is 1.83. The molecule has 0 saturated carbocycles. The Labute approximate surface area is 58.0 Å². The second-order valence-electron chi connectivity index (χ2n) is 1.25. The highest BCUT2D eigenvalue weighted by Crippen LogP contribution is 1.85. The van der Waals surface area contributed by atoms with Gasteiger partial charge < -0.3 is 0 Å². The molecule has 0 radical (unpaired) electrons. The molecule has 0 bridgehead atoms. The first-order chi connectivity index (χ1) is 3.81. The molecule has 0 amide bonds. The van der Waals surface area contributed by atoms with Crippen LogP contribution in [0.15, 0.2) is 17.4 Å². The van der Waals surface area contributed by atoms with Crippen molar-refractivity contribution in [3.63, 3.8) is 0 Å². The van der Waals surface area contributed by atoms with Crippen molar-refractivity contribution in [1.82, 2.24) is 5.01 Å². The molecule has 0 spiro atoms. The molecule has 8 heavy (non-hydrogen) atoms. The molecule has 2 nitrogen and oxygen atoms in total. The van der Waals surface area contributed by atoms with Crippen LogP contribution < -0.4 is 0 Å². The molecule has 0 aliphatic carbocycles. The quantitative estimate of drug-likeness (QED) is 0.361. The van der Waals surface area contributed by atoms with Gasteiger partial charge in [0.2, 0.25) is 0 Å². The van der Waals surface area contributed by atoms with E-state index in [1.807, 2.05) is 19.3 Å². The number of rotatable bonds is 3. The highest BCUT2D eigenvalue weighted by atomic mass is 79.9. The van der Waals surface area contributed by atoms with Gasteiger partial charge in [0.15, 0.2) is 0 Å². The Kier molecular flexibility index (Phi) is 4.65. The van der Waals surface area contributed by atoms with E-state index >= 15 is 0 Å². The molecule has 0 fully saturated rings. The van der Waals surface area contributed by atoms with Gasteiger partial charge in [-0.15, -0.1) is 0 Å². The smallest absolute Gasteiger partial charge is 0.0296 e. The molecule has 3 heteroatoms. The molecular formula is C5H9BrN2. The standard InChI is InChI=1S/C5H9BrN2/c1-7-8(2)5-3-4-6/h3,5H,1,4H2,2H3/b5-3-. The van der Waals surface area contributed by atoms with Gasteiger partial charge in [0.25, 0.3) is 0 Å². The van der Waals surface area contributed by atoms with Crippen LogP contribution in [0.4, 0.5) is 0 Å². The summed E-state index contributed by atoms with van der Waals surface area (Å²) in [6.07, 6.45) is 3.77. The van der Waals surface area contributed by atoms with Gasteiger partial charge in [-0.25, -0.2) is 0 Å². The zero-order valence-corrected chi connectivity index (χ0v) is 6.43. The predicted molar refractivity (Wildman–Crippen MR) is 40.2 cm³/mol.